The summed E-state index contributed by atoms with van der Waals surface area (Å²) in [5.74, 6) is -30.5. The number of carbonyl (C=O) groups excluding carboxylic acids is 1. The molecule has 0 rings (SSSR count). The lowest BCUT2D eigenvalue weighted by Crippen LogP contribution is -2.85. The maximum Gasteiger partial charge on any atom is 0.306 e. The van der Waals surface area contributed by atoms with Crippen molar-refractivity contribution < 1.29 is 66.1 Å². The van der Waals surface area contributed by atoms with Gasteiger partial charge >= 0.3 is 5.79 Å². The second kappa shape index (κ2) is 24.3. The van der Waals surface area contributed by atoms with Gasteiger partial charge in [0.15, 0.2) is 0 Å². The zero-order chi connectivity index (χ0) is 38.4. The van der Waals surface area contributed by atoms with Gasteiger partial charge in [-0.05, 0) is 12.8 Å². The van der Waals surface area contributed by atoms with Crippen LogP contribution in [0.25, 0.3) is 0 Å². The Balaban J connectivity index is 4.73. The van der Waals surface area contributed by atoms with Crippen LogP contribution < -0.4 is 5.32 Å². The maximum atomic E-state index is 12.5. The molecule has 0 aliphatic rings. The van der Waals surface area contributed by atoms with Crippen LogP contribution in [-0.4, -0.2) is 108 Å². The van der Waals surface area contributed by atoms with Crippen LogP contribution in [0.3, 0.4) is 0 Å². The lowest BCUT2D eigenvalue weighted by atomic mass is 9.80. The number of hydrogen-bond donors (Lipinski definition) is 13. The summed E-state index contributed by atoms with van der Waals surface area (Å²) in [5.41, 5.74) is 0. The first kappa shape index (κ1) is 49.0. The minimum atomic E-state index is -5.19. The number of unbranched alkanes of at least 4 members (excludes halogenated alkanes) is 23. The molecular weight excluding hydrogens is 654 g/mol. The van der Waals surface area contributed by atoms with Gasteiger partial charge in [0.25, 0.3) is 29.1 Å². The Hall–Kier alpha value is -1.01. The molecule has 0 unspecified atom stereocenters. The van der Waals surface area contributed by atoms with Crippen LogP contribution in [0.5, 0.6) is 0 Å². The van der Waals surface area contributed by atoms with Gasteiger partial charge in [0.2, 0.25) is 5.79 Å². The van der Waals surface area contributed by atoms with E-state index in [0.717, 1.165) is 64.2 Å². The maximum absolute atomic E-state index is 12.5. The zero-order valence-corrected chi connectivity index (χ0v) is 30.9. The Kier molecular flexibility index (Phi) is 23.8. The fraction of sp³-hybridized carbons (Fsp3) is 0.972. The molecule has 300 valence electrons. The molecule has 0 radical (unpaired) electrons. The van der Waals surface area contributed by atoms with Crippen molar-refractivity contribution in [3.05, 3.63) is 0 Å². The summed E-state index contributed by atoms with van der Waals surface area (Å²) in [6.07, 6.45) is 23.7. The SMILES string of the molecule is CCCCCCCCCCCCCCCCCCNC(=O)C(O)(O)C(O)(O)C(O)(O)C(O)(O)C(O)(O)C(O)(O)CCCCCCCCCCC. The number of hydrogen-bond acceptors (Lipinski definition) is 13. The predicted molar refractivity (Wildman–Crippen MR) is 187 cm³/mol. The number of nitrogens with one attached hydrogen (secondary N) is 1. The molecule has 13 N–H and O–H groups in total. The third kappa shape index (κ3) is 15.2. The first-order chi connectivity index (χ1) is 23.3. The summed E-state index contributed by atoms with van der Waals surface area (Å²) < 4.78 is 0. The van der Waals surface area contributed by atoms with Crippen LogP contribution in [0.1, 0.15) is 181 Å². The van der Waals surface area contributed by atoms with Crippen molar-refractivity contribution >= 4 is 5.91 Å². The normalized spacial score (nSPS) is 13.6. The Morgan fingerprint density at radius 3 is 1.00 bits per heavy atom. The monoisotopic (exact) mass is 728 g/mol. The van der Waals surface area contributed by atoms with E-state index in [1.807, 2.05) is 5.32 Å². The molecule has 0 heterocycles. The van der Waals surface area contributed by atoms with E-state index in [1.165, 1.54) is 64.2 Å². The van der Waals surface area contributed by atoms with Crippen molar-refractivity contribution in [2.45, 2.75) is 216 Å². The van der Waals surface area contributed by atoms with Gasteiger partial charge in [-0.1, -0.05) is 162 Å². The van der Waals surface area contributed by atoms with Crippen LogP contribution >= 0.6 is 0 Å². The van der Waals surface area contributed by atoms with Crippen LogP contribution in [0.4, 0.5) is 0 Å². The van der Waals surface area contributed by atoms with E-state index in [4.69, 9.17) is 0 Å². The predicted octanol–water partition coefficient (Wildman–Crippen LogP) is 2.37. The number of amides is 1. The summed E-state index contributed by atoms with van der Waals surface area (Å²) in [5, 5.41) is 125. The van der Waals surface area contributed by atoms with E-state index in [1.54, 1.807) is 0 Å². The second-order valence-electron chi connectivity index (χ2n) is 14.3. The topological polar surface area (TPSA) is 272 Å². The van der Waals surface area contributed by atoms with Gasteiger partial charge in [0.1, 0.15) is 0 Å². The van der Waals surface area contributed by atoms with Gasteiger partial charge in [0.05, 0.1) is 0 Å². The molecule has 14 nitrogen and oxygen atoms in total. The molecule has 0 aromatic rings. The first-order valence-corrected chi connectivity index (χ1v) is 19.3. The van der Waals surface area contributed by atoms with Crippen molar-refractivity contribution in [1.29, 1.82) is 0 Å². The highest BCUT2D eigenvalue weighted by atomic mass is 16.7. The molecule has 0 aliphatic carbocycles. The molecule has 0 aromatic carbocycles. The lowest BCUT2D eigenvalue weighted by molar-refractivity contribution is -0.557. The van der Waals surface area contributed by atoms with Gasteiger partial charge in [-0.3, -0.25) is 4.79 Å². The Morgan fingerprint density at radius 1 is 0.380 bits per heavy atom. The van der Waals surface area contributed by atoms with Gasteiger partial charge in [-0.2, -0.15) is 0 Å². The summed E-state index contributed by atoms with van der Waals surface area (Å²) in [4.78, 5) is 12.5. The lowest BCUT2D eigenvalue weighted by Gasteiger charge is -2.52. The van der Waals surface area contributed by atoms with Crippen molar-refractivity contribution in [1.82, 2.24) is 5.32 Å². The van der Waals surface area contributed by atoms with Gasteiger partial charge in [-0.25, -0.2) is 0 Å². The van der Waals surface area contributed by atoms with E-state index >= 15 is 0 Å². The average Bonchev–Trinajstić information content (AvgIpc) is 3.04. The molecule has 0 fully saturated rings. The minimum absolute atomic E-state index is 0.111. The molecule has 0 saturated carbocycles. The fourth-order valence-electron chi connectivity index (χ4n) is 6.02. The Labute approximate surface area is 299 Å². The molecule has 0 aromatic heterocycles. The number of carbonyl (C=O) groups is 1. The summed E-state index contributed by atoms with van der Waals surface area (Å²) in [6, 6.07) is 0. The van der Waals surface area contributed by atoms with E-state index in [2.05, 4.69) is 13.8 Å². The van der Waals surface area contributed by atoms with Crippen LogP contribution in [0, 0.1) is 0 Å². The quantitative estimate of drug-likeness (QED) is 0.0342. The molecule has 0 aliphatic heterocycles. The highest BCUT2D eigenvalue weighted by Gasteiger charge is 2.80. The van der Waals surface area contributed by atoms with Gasteiger partial charge in [-0.15, -0.1) is 0 Å². The van der Waals surface area contributed by atoms with E-state index in [0.29, 0.717) is 25.7 Å². The smallest absolute Gasteiger partial charge is 0.306 e. The summed E-state index contributed by atoms with van der Waals surface area (Å²) >= 11 is 0. The molecule has 0 bridgehead atoms. The molecule has 50 heavy (non-hydrogen) atoms. The van der Waals surface area contributed by atoms with Gasteiger partial charge < -0.3 is 66.6 Å². The fourth-order valence-corrected chi connectivity index (χ4v) is 6.02. The third-order valence-corrected chi connectivity index (χ3v) is 9.76. The Bertz CT molecular complexity index is 878. The molecule has 0 saturated heterocycles. The van der Waals surface area contributed by atoms with Crippen LogP contribution in [0.2, 0.25) is 0 Å². The first-order valence-electron chi connectivity index (χ1n) is 19.3. The van der Waals surface area contributed by atoms with Crippen molar-refractivity contribution in [3.63, 3.8) is 0 Å². The van der Waals surface area contributed by atoms with Gasteiger partial charge in [0, 0.05) is 13.0 Å². The van der Waals surface area contributed by atoms with Crippen molar-refractivity contribution in [2.75, 3.05) is 6.54 Å². The standard InChI is InChI=1S/C36H73NO13/c1-3-5-7-9-11-13-14-15-16-17-18-19-21-23-25-27-29-37-30(38)32(41,42)34(45,46)36(49,50)35(47,48)33(43,44)31(39,40)28-26-24-22-20-12-10-8-6-4-2/h39-50H,3-29H2,1-2H3,(H,37,38). The molecule has 0 atom stereocenters. The van der Waals surface area contributed by atoms with Crippen LogP contribution in [-0.2, 0) is 4.79 Å². The van der Waals surface area contributed by atoms with Crippen molar-refractivity contribution in [3.8, 4) is 0 Å². The molecule has 1 amide bonds. The van der Waals surface area contributed by atoms with Crippen molar-refractivity contribution in [2.24, 2.45) is 0 Å². The van der Waals surface area contributed by atoms with Crippen LogP contribution in [0.15, 0.2) is 0 Å². The van der Waals surface area contributed by atoms with E-state index in [-0.39, 0.29) is 13.0 Å². The minimum Gasteiger partial charge on any atom is -0.361 e. The summed E-state index contributed by atoms with van der Waals surface area (Å²) in [7, 11) is 0. The highest BCUT2D eigenvalue weighted by Crippen LogP contribution is 2.43. The number of aliphatic hydroxyl groups is 12. The Morgan fingerprint density at radius 2 is 0.660 bits per heavy atom. The highest BCUT2D eigenvalue weighted by molar-refractivity contribution is 5.84. The molecule has 0 spiro atoms. The average molecular weight is 728 g/mol. The third-order valence-electron chi connectivity index (χ3n) is 9.76. The second-order valence-corrected chi connectivity index (χ2v) is 14.3. The number of rotatable bonds is 33. The zero-order valence-electron chi connectivity index (χ0n) is 30.9. The van der Waals surface area contributed by atoms with E-state index in [9.17, 15) is 66.1 Å². The molecular formula is C36H73NO13. The largest absolute Gasteiger partial charge is 0.361 e. The summed E-state index contributed by atoms with van der Waals surface area (Å²) in [6.45, 7) is 4.10. The van der Waals surface area contributed by atoms with E-state index < -0.39 is 47.1 Å². The molecule has 14 heteroatoms.